The summed E-state index contributed by atoms with van der Waals surface area (Å²) in [7, 11) is 3.15. The summed E-state index contributed by atoms with van der Waals surface area (Å²) in [4.78, 5) is 17.9. The van der Waals surface area contributed by atoms with Crippen molar-refractivity contribution < 1.29 is 14.3 Å². The van der Waals surface area contributed by atoms with Crippen LogP contribution in [0.3, 0.4) is 0 Å². The first-order valence-corrected chi connectivity index (χ1v) is 11.8. The summed E-state index contributed by atoms with van der Waals surface area (Å²) in [6, 6.07) is 23.4. The fraction of sp³-hybridized carbons (Fsp3) is 0.200. The number of ether oxygens (including phenoxy) is 2. The van der Waals surface area contributed by atoms with E-state index in [4.69, 9.17) is 9.47 Å². The second-order valence-electron chi connectivity index (χ2n) is 7.68. The van der Waals surface area contributed by atoms with Crippen LogP contribution in [0.25, 0.3) is 11.4 Å². The molecule has 0 radical (unpaired) electrons. The van der Waals surface area contributed by atoms with Crippen molar-refractivity contribution in [2.24, 2.45) is 0 Å². The molecule has 0 fully saturated rings. The molecule has 1 aromatic heterocycles. The number of carbonyl (C=O) groups is 1. The van der Waals surface area contributed by atoms with Gasteiger partial charge in [0.1, 0.15) is 6.54 Å². The molecule has 0 saturated carbocycles. The Morgan fingerprint density at radius 3 is 2.56 bits per heavy atom. The maximum absolute atomic E-state index is 13.6. The van der Waals surface area contributed by atoms with E-state index in [0.29, 0.717) is 17.3 Å². The lowest BCUT2D eigenvalue weighted by Gasteiger charge is -2.37. The molecule has 1 aliphatic rings. The molecule has 1 amide bonds. The molecule has 8 nitrogen and oxygen atoms in total. The smallest absolute Gasteiger partial charge is 0.251 e. The van der Waals surface area contributed by atoms with E-state index in [9.17, 15) is 4.79 Å². The number of para-hydroxylation sites is 1. The zero-order valence-electron chi connectivity index (χ0n) is 18.8. The Labute approximate surface area is 201 Å². The van der Waals surface area contributed by atoms with Crippen molar-refractivity contribution in [1.29, 1.82) is 0 Å². The topological polar surface area (TPSA) is 82.4 Å². The van der Waals surface area contributed by atoms with Gasteiger partial charge in [-0.3, -0.25) is 4.79 Å². The number of hydrogen-bond donors (Lipinski definition) is 0. The van der Waals surface area contributed by atoms with Gasteiger partial charge in [0.2, 0.25) is 5.82 Å². The standard InChI is InChI=1S/C25H23N5O3S/c1-32-21-13-12-18(14-22(21)33-2)25-26-28-29(27-25)15-24(31)30-19-10-6-7-11-23(19)34-16-20(30)17-8-4-3-5-9-17/h3-14,20H,15-16H2,1-2H3/t20-/m0/s1. The van der Waals surface area contributed by atoms with Crippen molar-refractivity contribution in [2.45, 2.75) is 17.5 Å². The van der Waals surface area contributed by atoms with Crippen LogP contribution < -0.4 is 14.4 Å². The van der Waals surface area contributed by atoms with Crippen molar-refractivity contribution >= 4 is 23.4 Å². The second-order valence-corrected chi connectivity index (χ2v) is 8.74. The van der Waals surface area contributed by atoms with Gasteiger partial charge in [0, 0.05) is 16.2 Å². The van der Waals surface area contributed by atoms with E-state index in [1.165, 1.54) is 4.80 Å². The number of aromatic nitrogens is 4. The number of hydrogen-bond acceptors (Lipinski definition) is 7. The first-order chi connectivity index (χ1) is 16.7. The monoisotopic (exact) mass is 473 g/mol. The summed E-state index contributed by atoms with van der Waals surface area (Å²) in [6.07, 6.45) is 0. The van der Waals surface area contributed by atoms with Gasteiger partial charge < -0.3 is 14.4 Å². The molecule has 5 rings (SSSR count). The number of fused-ring (bicyclic) bond motifs is 1. The Kier molecular flexibility index (Phi) is 6.18. The minimum absolute atomic E-state index is 0.0252. The molecular weight excluding hydrogens is 450 g/mol. The maximum atomic E-state index is 13.6. The third kappa shape index (κ3) is 4.22. The van der Waals surface area contributed by atoms with Crippen LogP contribution in [-0.2, 0) is 11.3 Å². The van der Waals surface area contributed by atoms with E-state index in [2.05, 4.69) is 27.5 Å². The molecule has 34 heavy (non-hydrogen) atoms. The molecule has 1 aliphatic heterocycles. The van der Waals surface area contributed by atoms with Crippen LogP contribution in [-0.4, -0.2) is 46.1 Å². The van der Waals surface area contributed by atoms with Gasteiger partial charge in [-0.1, -0.05) is 42.5 Å². The van der Waals surface area contributed by atoms with E-state index in [1.54, 1.807) is 38.1 Å². The van der Waals surface area contributed by atoms with Crippen LogP contribution in [0.15, 0.2) is 77.7 Å². The summed E-state index contributed by atoms with van der Waals surface area (Å²) >= 11 is 1.76. The van der Waals surface area contributed by atoms with Crippen molar-refractivity contribution in [3.63, 3.8) is 0 Å². The summed E-state index contributed by atoms with van der Waals surface area (Å²) < 4.78 is 10.7. The molecule has 0 aliphatic carbocycles. The molecular formula is C25H23N5O3S. The molecule has 0 spiro atoms. The quantitative estimate of drug-likeness (QED) is 0.414. The number of benzene rings is 3. The highest BCUT2D eigenvalue weighted by molar-refractivity contribution is 7.99. The normalized spacial score (nSPS) is 15.0. The Bertz CT molecular complexity index is 1310. The van der Waals surface area contributed by atoms with Crippen LogP contribution in [0.5, 0.6) is 11.5 Å². The summed E-state index contributed by atoms with van der Waals surface area (Å²) in [5, 5.41) is 12.7. The average molecular weight is 474 g/mol. The molecule has 0 unspecified atom stereocenters. The number of amides is 1. The van der Waals surface area contributed by atoms with Gasteiger partial charge >= 0.3 is 0 Å². The number of rotatable bonds is 6. The fourth-order valence-corrected chi connectivity index (χ4v) is 5.18. The minimum atomic E-state index is -0.0992. The predicted molar refractivity (Wildman–Crippen MR) is 130 cm³/mol. The number of carbonyl (C=O) groups excluding carboxylic acids is 1. The zero-order chi connectivity index (χ0) is 23.5. The second kappa shape index (κ2) is 9.56. The number of thioether (sulfide) groups is 1. The number of tetrazole rings is 1. The van der Waals surface area contributed by atoms with E-state index < -0.39 is 0 Å². The minimum Gasteiger partial charge on any atom is -0.493 e. The van der Waals surface area contributed by atoms with Gasteiger partial charge in [0.25, 0.3) is 5.91 Å². The van der Waals surface area contributed by atoms with E-state index in [0.717, 1.165) is 27.5 Å². The van der Waals surface area contributed by atoms with E-state index in [1.807, 2.05) is 53.4 Å². The van der Waals surface area contributed by atoms with Crippen molar-refractivity contribution in [2.75, 3.05) is 24.9 Å². The van der Waals surface area contributed by atoms with Crippen molar-refractivity contribution in [1.82, 2.24) is 20.2 Å². The van der Waals surface area contributed by atoms with Crippen molar-refractivity contribution in [3.05, 3.63) is 78.4 Å². The highest BCUT2D eigenvalue weighted by Gasteiger charge is 2.32. The Morgan fingerprint density at radius 1 is 1.00 bits per heavy atom. The van der Waals surface area contributed by atoms with Crippen LogP contribution in [0.1, 0.15) is 11.6 Å². The van der Waals surface area contributed by atoms with E-state index in [-0.39, 0.29) is 18.5 Å². The average Bonchev–Trinajstić information content (AvgIpc) is 3.36. The lowest BCUT2D eigenvalue weighted by Crippen LogP contribution is -2.40. The first kappa shape index (κ1) is 22.0. The first-order valence-electron chi connectivity index (χ1n) is 10.8. The lowest BCUT2D eigenvalue weighted by atomic mass is 10.1. The third-order valence-corrected chi connectivity index (χ3v) is 6.80. The van der Waals surface area contributed by atoms with Crippen LogP contribution in [0, 0.1) is 0 Å². The SMILES string of the molecule is COc1ccc(-c2nnn(CC(=O)N3c4ccccc4SC[C@H]3c3ccccc3)n2)cc1OC. The molecule has 1 atom stereocenters. The lowest BCUT2D eigenvalue weighted by molar-refractivity contribution is -0.120. The van der Waals surface area contributed by atoms with Gasteiger partial charge in [-0.05, 0) is 41.1 Å². The van der Waals surface area contributed by atoms with Crippen LogP contribution in [0.2, 0.25) is 0 Å². The molecule has 0 bridgehead atoms. The molecule has 2 heterocycles. The van der Waals surface area contributed by atoms with Crippen molar-refractivity contribution in [3.8, 4) is 22.9 Å². The fourth-order valence-electron chi connectivity index (χ4n) is 4.02. The largest absolute Gasteiger partial charge is 0.493 e. The third-order valence-electron chi connectivity index (χ3n) is 5.66. The predicted octanol–water partition coefficient (Wildman–Crippen LogP) is 4.24. The van der Waals surface area contributed by atoms with Gasteiger partial charge in [-0.15, -0.1) is 22.0 Å². The molecule has 172 valence electrons. The number of methoxy groups -OCH3 is 2. The molecule has 4 aromatic rings. The van der Waals surface area contributed by atoms with Gasteiger partial charge in [0.15, 0.2) is 11.5 Å². The Hall–Kier alpha value is -3.85. The van der Waals surface area contributed by atoms with Crippen LogP contribution in [0.4, 0.5) is 5.69 Å². The van der Waals surface area contributed by atoms with Crippen LogP contribution >= 0.6 is 11.8 Å². The van der Waals surface area contributed by atoms with E-state index >= 15 is 0 Å². The van der Waals surface area contributed by atoms with Gasteiger partial charge in [-0.25, -0.2) is 0 Å². The molecule has 9 heteroatoms. The highest BCUT2D eigenvalue weighted by atomic mass is 32.2. The molecule has 3 aromatic carbocycles. The zero-order valence-corrected chi connectivity index (χ0v) is 19.6. The van der Waals surface area contributed by atoms with Gasteiger partial charge in [0.05, 0.1) is 25.9 Å². The molecule has 0 N–H and O–H groups in total. The number of nitrogens with zero attached hydrogens (tertiary/aromatic N) is 5. The summed E-state index contributed by atoms with van der Waals surface area (Å²) in [6.45, 7) is -0.0252. The Morgan fingerprint density at radius 2 is 1.76 bits per heavy atom. The van der Waals surface area contributed by atoms with Gasteiger partial charge in [-0.2, -0.15) is 4.80 Å². The Balaban J connectivity index is 1.42. The maximum Gasteiger partial charge on any atom is 0.251 e. The summed E-state index contributed by atoms with van der Waals surface area (Å²) in [5.74, 6) is 2.26. The molecule has 0 saturated heterocycles. The number of anilines is 1. The summed E-state index contributed by atoms with van der Waals surface area (Å²) in [5.41, 5.74) is 2.71. The highest BCUT2D eigenvalue weighted by Crippen LogP contribution is 2.43.